The van der Waals surface area contributed by atoms with Gasteiger partial charge in [-0.15, -0.1) is 11.8 Å². The number of rotatable bonds is 4. The van der Waals surface area contributed by atoms with Crippen LogP contribution in [-0.2, 0) is 0 Å². The first-order valence-corrected chi connectivity index (χ1v) is 5.83. The fourth-order valence-corrected chi connectivity index (χ4v) is 1.74. The molecule has 0 heterocycles. The van der Waals surface area contributed by atoms with E-state index in [-0.39, 0.29) is 6.04 Å². The predicted octanol–water partition coefficient (Wildman–Crippen LogP) is 3.12. The Kier molecular flexibility index (Phi) is 4.34. The Morgan fingerprint density at radius 3 is 2.79 bits per heavy atom. The van der Waals surface area contributed by atoms with Crippen LogP contribution in [0.15, 0.2) is 29.2 Å². The zero-order valence-corrected chi connectivity index (χ0v) is 9.27. The third-order valence-corrected chi connectivity index (χ3v) is 2.80. The smallest absolute Gasteiger partial charge is 0.114 e. The Labute approximate surface area is 89.3 Å². The lowest BCUT2D eigenvalue weighted by Gasteiger charge is -2.13. The second kappa shape index (κ2) is 5.56. The van der Waals surface area contributed by atoms with Crippen LogP contribution in [0.5, 0.6) is 0 Å². The number of thioether (sulfide) groups is 1. The molecule has 0 radical (unpaired) electrons. The summed E-state index contributed by atoms with van der Waals surface area (Å²) in [6.07, 6.45) is 2.85. The van der Waals surface area contributed by atoms with E-state index in [0.29, 0.717) is 0 Å². The van der Waals surface area contributed by atoms with E-state index in [1.807, 2.05) is 31.4 Å². The number of nitrogens with one attached hydrogen (secondary N) is 1. The van der Waals surface area contributed by atoms with Crippen LogP contribution in [0.3, 0.4) is 0 Å². The minimum atomic E-state index is -0.0942. The Balaban J connectivity index is 2.80. The van der Waals surface area contributed by atoms with Gasteiger partial charge >= 0.3 is 0 Å². The molecule has 1 atom stereocenters. The Morgan fingerprint density at radius 2 is 2.21 bits per heavy atom. The summed E-state index contributed by atoms with van der Waals surface area (Å²) in [5, 5.41) is 12.0. The molecule has 0 aliphatic heterocycles. The summed E-state index contributed by atoms with van der Waals surface area (Å²) in [5.41, 5.74) is 1.05. The first-order valence-electron chi connectivity index (χ1n) is 4.61. The van der Waals surface area contributed by atoms with Gasteiger partial charge in [-0.3, -0.25) is 0 Å². The lowest BCUT2D eigenvalue weighted by molar-refractivity contribution is 0.842. The SMILES string of the molecule is CCC(C#N)Nc1ccccc1SC. The van der Waals surface area contributed by atoms with Gasteiger partial charge in [-0.1, -0.05) is 19.1 Å². The van der Waals surface area contributed by atoms with E-state index in [9.17, 15) is 0 Å². The average molecular weight is 206 g/mol. The van der Waals surface area contributed by atoms with Gasteiger partial charge in [-0.2, -0.15) is 5.26 Å². The van der Waals surface area contributed by atoms with E-state index in [0.717, 1.165) is 12.1 Å². The number of anilines is 1. The van der Waals surface area contributed by atoms with E-state index in [4.69, 9.17) is 5.26 Å². The van der Waals surface area contributed by atoms with Gasteiger partial charge in [0, 0.05) is 10.6 Å². The quantitative estimate of drug-likeness (QED) is 0.769. The molecule has 1 aromatic rings. The van der Waals surface area contributed by atoms with Crippen LogP contribution in [-0.4, -0.2) is 12.3 Å². The van der Waals surface area contributed by atoms with Gasteiger partial charge in [0.05, 0.1) is 6.07 Å². The van der Waals surface area contributed by atoms with Gasteiger partial charge in [0.2, 0.25) is 0 Å². The van der Waals surface area contributed by atoms with Crippen LogP contribution in [0.25, 0.3) is 0 Å². The summed E-state index contributed by atoms with van der Waals surface area (Å²) in [6.45, 7) is 2.00. The molecular weight excluding hydrogens is 192 g/mol. The Hall–Kier alpha value is -1.14. The van der Waals surface area contributed by atoms with E-state index in [2.05, 4.69) is 17.5 Å². The van der Waals surface area contributed by atoms with Gasteiger partial charge in [-0.25, -0.2) is 0 Å². The van der Waals surface area contributed by atoms with Gasteiger partial charge in [0.25, 0.3) is 0 Å². The summed E-state index contributed by atoms with van der Waals surface area (Å²) >= 11 is 1.69. The first-order chi connectivity index (χ1) is 6.81. The highest BCUT2D eigenvalue weighted by Gasteiger charge is 2.06. The lowest BCUT2D eigenvalue weighted by Crippen LogP contribution is -2.15. The molecule has 0 fully saturated rings. The Morgan fingerprint density at radius 1 is 1.50 bits per heavy atom. The van der Waals surface area contributed by atoms with Crippen molar-refractivity contribution >= 4 is 17.4 Å². The second-order valence-corrected chi connectivity index (χ2v) is 3.78. The van der Waals surface area contributed by atoms with Gasteiger partial charge in [0.15, 0.2) is 0 Å². The third kappa shape index (κ3) is 2.68. The molecule has 1 rings (SSSR count). The molecule has 0 saturated heterocycles. The number of hydrogen-bond donors (Lipinski definition) is 1. The third-order valence-electron chi connectivity index (χ3n) is 2.00. The monoisotopic (exact) mass is 206 g/mol. The topological polar surface area (TPSA) is 35.8 Å². The van der Waals surface area contributed by atoms with Crippen molar-refractivity contribution in [1.82, 2.24) is 0 Å². The molecule has 0 aliphatic rings. The molecule has 74 valence electrons. The van der Waals surface area contributed by atoms with Crippen molar-refractivity contribution in [3.05, 3.63) is 24.3 Å². The fourth-order valence-electron chi connectivity index (χ4n) is 1.18. The largest absolute Gasteiger partial charge is 0.369 e. The normalized spacial score (nSPS) is 11.8. The van der Waals surface area contributed by atoms with Crippen molar-refractivity contribution in [3.8, 4) is 6.07 Å². The van der Waals surface area contributed by atoms with Crippen molar-refractivity contribution < 1.29 is 0 Å². The van der Waals surface area contributed by atoms with Gasteiger partial charge < -0.3 is 5.32 Å². The fraction of sp³-hybridized carbons (Fsp3) is 0.364. The minimum absolute atomic E-state index is 0.0942. The van der Waals surface area contributed by atoms with Crippen molar-refractivity contribution in [1.29, 1.82) is 5.26 Å². The van der Waals surface area contributed by atoms with Crippen LogP contribution in [0, 0.1) is 11.3 Å². The lowest BCUT2D eigenvalue weighted by atomic mass is 10.2. The molecule has 0 aliphatic carbocycles. The summed E-state index contributed by atoms with van der Waals surface area (Å²) in [7, 11) is 0. The van der Waals surface area contributed by atoms with Crippen molar-refractivity contribution in [2.75, 3.05) is 11.6 Å². The maximum absolute atomic E-state index is 8.83. The molecule has 1 aromatic carbocycles. The standard InChI is InChI=1S/C11H14N2S/c1-3-9(8-12)13-10-6-4-5-7-11(10)14-2/h4-7,9,13H,3H2,1-2H3. The minimum Gasteiger partial charge on any atom is -0.369 e. The molecule has 0 saturated carbocycles. The molecule has 2 nitrogen and oxygen atoms in total. The second-order valence-electron chi connectivity index (χ2n) is 2.93. The highest BCUT2D eigenvalue weighted by Crippen LogP contribution is 2.25. The molecule has 0 bridgehead atoms. The van der Waals surface area contributed by atoms with E-state index >= 15 is 0 Å². The zero-order valence-electron chi connectivity index (χ0n) is 8.45. The van der Waals surface area contributed by atoms with E-state index in [1.165, 1.54) is 4.90 Å². The number of hydrogen-bond acceptors (Lipinski definition) is 3. The molecule has 0 amide bonds. The van der Waals surface area contributed by atoms with E-state index < -0.39 is 0 Å². The maximum atomic E-state index is 8.83. The molecule has 1 N–H and O–H groups in total. The first kappa shape index (κ1) is 10.9. The van der Waals surface area contributed by atoms with Crippen LogP contribution in [0.2, 0.25) is 0 Å². The summed E-state index contributed by atoms with van der Waals surface area (Å²) in [4.78, 5) is 1.18. The van der Waals surface area contributed by atoms with Crippen LogP contribution >= 0.6 is 11.8 Å². The molecule has 0 spiro atoms. The molecule has 14 heavy (non-hydrogen) atoms. The van der Waals surface area contributed by atoms with E-state index in [1.54, 1.807) is 11.8 Å². The number of para-hydroxylation sites is 1. The average Bonchev–Trinajstić information content (AvgIpc) is 2.26. The maximum Gasteiger partial charge on any atom is 0.114 e. The van der Waals surface area contributed by atoms with Crippen LogP contribution in [0.4, 0.5) is 5.69 Å². The number of nitrogens with zero attached hydrogens (tertiary/aromatic N) is 1. The zero-order chi connectivity index (χ0) is 10.4. The molecule has 3 heteroatoms. The van der Waals surface area contributed by atoms with Crippen molar-refractivity contribution in [3.63, 3.8) is 0 Å². The molecule has 1 unspecified atom stereocenters. The molecule has 0 aromatic heterocycles. The number of nitriles is 1. The van der Waals surface area contributed by atoms with Crippen LogP contribution < -0.4 is 5.32 Å². The summed E-state index contributed by atoms with van der Waals surface area (Å²) in [6, 6.07) is 10.2. The van der Waals surface area contributed by atoms with Gasteiger partial charge in [-0.05, 0) is 24.8 Å². The number of benzene rings is 1. The Bertz CT molecular complexity index is 330. The predicted molar refractivity (Wildman–Crippen MR) is 61.5 cm³/mol. The highest BCUT2D eigenvalue weighted by atomic mass is 32.2. The molecular formula is C11H14N2S. The van der Waals surface area contributed by atoms with Crippen molar-refractivity contribution in [2.24, 2.45) is 0 Å². The van der Waals surface area contributed by atoms with Crippen molar-refractivity contribution in [2.45, 2.75) is 24.3 Å². The summed E-state index contributed by atoms with van der Waals surface area (Å²) in [5.74, 6) is 0. The van der Waals surface area contributed by atoms with Gasteiger partial charge in [0.1, 0.15) is 6.04 Å². The summed E-state index contributed by atoms with van der Waals surface area (Å²) < 4.78 is 0. The highest BCUT2D eigenvalue weighted by molar-refractivity contribution is 7.98. The van der Waals surface area contributed by atoms with Crippen LogP contribution in [0.1, 0.15) is 13.3 Å².